The zero-order chi connectivity index (χ0) is 11.5. The summed E-state index contributed by atoms with van der Waals surface area (Å²) in [4.78, 5) is 13.9. The molecule has 1 aliphatic heterocycles. The highest BCUT2D eigenvalue weighted by atomic mass is 19.1. The SMILES string of the molecule is CC1CNCCN1C(=O)c1ccc(F)cc1. The van der Waals surface area contributed by atoms with Gasteiger partial charge in [-0.3, -0.25) is 4.79 Å². The van der Waals surface area contributed by atoms with Crippen LogP contribution in [0.1, 0.15) is 17.3 Å². The predicted octanol–water partition coefficient (Wildman–Crippen LogP) is 1.26. The fourth-order valence-corrected chi connectivity index (χ4v) is 1.90. The first-order valence-electron chi connectivity index (χ1n) is 5.46. The van der Waals surface area contributed by atoms with Gasteiger partial charge in [-0.1, -0.05) is 0 Å². The molecule has 86 valence electrons. The van der Waals surface area contributed by atoms with Gasteiger partial charge in [0.2, 0.25) is 0 Å². The molecule has 1 amide bonds. The van der Waals surface area contributed by atoms with E-state index in [1.807, 2.05) is 11.8 Å². The van der Waals surface area contributed by atoms with Gasteiger partial charge in [0.25, 0.3) is 5.91 Å². The number of carbonyl (C=O) groups is 1. The van der Waals surface area contributed by atoms with Gasteiger partial charge in [0.15, 0.2) is 0 Å². The minimum Gasteiger partial charge on any atom is -0.333 e. The van der Waals surface area contributed by atoms with Crippen molar-refractivity contribution in [2.75, 3.05) is 19.6 Å². The number of hydrogen-bond donors (Lipinski definition) is 1. The Hall–Kier alpha value is -1.42. The summed E-state index contributed by atoms with van der Waals surface area (Å²) < 4.78 is 12.7. The Morgan fingerprint density at radius 1 is 1.44 bits per heavy atom. The molecule has 0 aliphatic carbocycles. The molecule has 1 saturated heterocycles. The number of benzene rings is 1. The first-order chi connectivity index (χ1) is 7.68. The van der Waals surface area contributed by atoms with E-state index in [-0.39, 0.29) is 17.8 Å². The number of halogens is 1. The van der Waals surface area contributed by atoms with E-state index in [2.05, 4.69) is 5.32 Å². The van der Waals surface area contributed by atoms with Crippen LogP contribution in [0.5, 0.6) is 0 Å². The molecule has 3 nitrogen and oxygen atoms in total. The highest BCUT2D eigenvalue weighted by Gasteiger charge is 2.23. The summed E-state index contributed by atoms with van der Waals surface area (Å²) in [5, 5.41) is 3.23. The first-order valence-corrected chi connectivity index (χ1v) is 5.46. The fraction of sp³-hybridized carbons (Fsp3) is 0.417. The minimum atomic E-state index is -0.315. The molecule has 1 unspecified atom stereocenters. The smallest absolute Gasteiger partial charge is 0.254 e. The Kier molecular flexibility index (Phi) is 3.19. The average Bonchev–Trinajstić information content (AvgIpc) is 2.30. The largest absolute Gasteiger partial charge is 0.333 e. The molecule has 1 fully saturated rings. The van der Waals surface area contributed by atoms with Crippen LogP contribution in [0.25, 0.3) is 0 Å². The lowest BCUT2D eigenvalue weighted by Crippen LogP contribution is -2.52. The highest BCUT2D eigenvalue weighted by Crippen LogP contribution is 2.11. The topological polar surface area (TPSA) is 32.3 Å². The molecule has 0 aromatic heterocycles. The molecule has 16 heavy (non-hydrogen) atoms. The molecule has 1 aliphatic rings. The van der Waals surface area contributed by atoms with Gasteiger partial charge in [0, 0.05) is 31.2 Å². The number of nitrogens with one attached hydrogen (secondary N) is 1. The number of amides is 1. The van der Waals surface area contributed by atoms with E-state index in [4.69, 9.17) is 0 Å². The Labute approximate surface area is 94.3 Å². The lowest BCUT2D eigenvalue weighted by Gasteiger charge is -2.34. The van der Waals surface area contributed by atoms with Crippen LogP contribution < -0.4 is 5.32 Å². The van der Waals surface area contributed by atoms with Crippen molar-refractivity contribution < 1.29 is 9.18 Å². The molecule has 0 saturated carbocycles. The Balaban J connectivity index is 2.14. The Morgan fingerprint density at radius 2 is 2.12 bits per heavy atom. The van der Waals surface area contributed by atoms with Crippen LogP contribution >= 0.6 is 0 Å². The standard InChI is InChI=1S/C12H15FN2O/c1-9-8-14-6-7-15(9)12(16)10-2-4-11(13)5-3-10/h2-5,9,14H,6-8H2,1H3. The molecular weight excluding hydrogens is 207 g/mol. The van der Waals surface area contributed by atoms with Crippen LogP contribution in [0.2, 0.25) is 0 Å². The molecule has 0 spiro atoms. The number of nitrogens with zero attached hydrogens (tertiary/aromatic N) is 1. The molecular formula is C12H15FN2O. The van der Waals surface area contributed by atoms with Gasteiger partial charge in [0.1, 0.15) is 5.82 Å². The summed E-state index contributed by atoms with van der Waals surface area (Å²) in [5.74, 6) is -0.334. The van der Waals surface area contributed by atoms with Gasteiger partial charge in [-0.05, 0) is 31.2 Å². The van der Waals surface area contributed by atoms with E-state index < -0.39 is 0 Å². The monoisotopic (exact) mass is 222 g/mol. The van der Waals surface area contributed by atoms with Crippen LogP contribution in [0.3, 0.4) is 0 Å². The lowest BCUT2D eigenvalue weighted by molar-refractivity contribution is 0.0655. The molecule has 2 rings (SSSR count). The summed E-state index contributed by atoms with van der Waals surface area (Å²) >= 11 is 0. The molecule has 0 radical (unpaired) electrons. The molecule has 1 aromatic rings. The van der Waals surface area contributed by atoms with Crippen molar-refractivity contribution in [2.45, 2.75) is 13.0 Å². The van der Waals surface area contributed by atoms with Gasteiger partial charge in [-0.25, -0.2) is 4.39 Å². The summed E-state index contributed by atoms with van der Waals surface area (Å²) in [6, 6.07) is 5.89. The van der Waals surface area contributed by atoms with E-state index in [9.17, 15) is 9.18 Å². The second-order valence-corrected chi connectivity index (χ2v) is 4.06. The third-order valence-corrected chi connectivity index (χ3v) is 2.85. The normalized spacial score (nSPS) is 20.9. The van der Waals surface area contributed by atoms with Crippen molar-refractivity contribution >= 4 is 5.91 Å². The van der Waals surface area contributed by atoms with Crippen LogP contribution in [0.15, 0.2) is 24.3 Å². The number of piperazine rings is 1. The summed E-state index contributed by atoms with van der Waals surface area (Å²) in [6.45, 7) is 4.34. The quantitative estimate of drug-likeness (QED) is 0.776. The Bertz CT molecular complexity index is 377. The van der Waals surface area contributed by atoms with Crippen LogP contribution in [-0.2, 0) is 0 Å². The molecule has 4 heteroatoms. The molecule has 1 atom stereocenters. The van der Waals surface area contributed by atoms with Crippen molar-refractivity contribution in [2.24, 2.45) is 0 Å². The second-order valence-electron chi connectivity index (χ2n) is 4.06. The lowest BCUT2D eigenvalue weighted by atomic mass is 10.1. The van der Waals surface area contributed by atoms with E-state index in [0.717, 1.165) is 13.1 Å². The van der Waals surface area contributed by atoms with E-state index in [1.165, 1.54) is 24.3 Å². The Morgan fingerprint density at radius 3 is 2.75 bits per heavy atom. The van der Waals surface area contributed by atoms with Crippen molar-refractivity contribution in [3.05, 3.63) is 35.6 Å². The third-order valence-electron chi connectivity index (χ3n) is 2.85. The molecule has 0 bridgehead atoms. The number of rotatable bonds is 1. The summed E-state index contributed by atoms with van der Waals surface area (Å²) in [6.07, 6.45) is 0. The fourth-order valence-electron chi connectivity index (χ4n) is 1.90. The zero-order valence-electron chi connectivity index (χ0n) is 9.24. The maximum Gasteiger partial charge on any atom is 0.254 e. The van der Waals surface area contributed by atoms with E-state index in [1.54, 1.807) is 0 Å². The summed E-state index contributed by atoms with van der Waals surface area (Å²) in [5.41, 5.74) is 0.551. The van der Waals surface area contributed by atoms with E-state index in [0.29, 0.717) is 12.1 Å². The van der Waals surface area contributed by atoms with Gasteiger partial charge in [-0.15, -0.1) is 0 Å². The first kappa shape index (κ1) is 11.1. The zero-order valence-corrected chi connectivity index (χ0v) is 9.24. The van der Waals surface area contributed by atoms with Gasteiger partial charge < -0.3 is 10.2 Å². The number of hydrogen-bond acceptors (Lipinski definition) is 2. The summed E-state index contributed by atoms with van der Waals surface area (Å²) in [7, 11) is 0. The van der Waals surface area contributed by atoms with Crippen molar-refractivity contribution in [3.8, 4) is 0 Å². The van der Waals surface area contributed by atoms with Crippen molar-refractivity contribution in [1.29, 1.82) is 0 Å². The highest BCUT2D eigenvalue weighted by molar-refractivity contribution is 5.94. The second kappa shape index (κ2) is 4.61. The molecule has 1 aromatic carbocycles. The molecule has 1 N–H and O–H groups in total. The van der Waals surface area contributed by atoms with Gasteiger partial charge in [-0.2, -0.15) is 0 Å². The minimum absolute atomic E-state index is 0.0194. The predicted molar refractivity (Wildman–Crippen MR) is 59.8 cm³/mol. The maximum atomic E-state index is 12.7. The van der Waals surface area contributed by atoms with E-state index >= 15 is 0 Å². The van der Waals surface area contributed by atoms with Crippen LogP contribution in [0.4, 0.5) is 4.39 Å². The van der Waals surface area contributed by atoms with Crippen molar-refractivity contribution in [3.63, 3.8) is 0 Å². The maximum absolute atomic E-state index is 12.7. The van der Waals surface area contributed by atoms with Gasteiger partial charge in [0.05, 0.1) is 0 Å². The average molecular weight is 222 g/mol. The third kappa shape index (κ3) is 2.22. The van der Waals surface area contributed by atoms with Crippen LogP contribution in [0, 0.1) is 5.82 Å². The van der Waals surface area contributed by atoms with Gasteiger partial charge >= 0.3 is 0 Å². The number of carbonyl (C=O) groups excluding carboxylic acids is 1. The van der Waals surface area contributed by atoms with Crippen molar-refractivity contribution in [1.82, 2.24) is 10.2 Å². The molecule has 1 heterocycles. The van der Waals surface area contributed by atoms with Crippen LogP contribution in [-0.4, -0.2) is 36.5 Å².